The molecule has 1 aliphatic rings. The van der Waals surface area contributed by atoms with Crippen LogP contribution in [0.5, 0.6) is 0 Å². The molecule has 0 aliphatic carbocycles. The number of nitrogens with zero attached hydrogens (tertiary/aromatic N) is 3. The van der Waals surface area contributed by atoms with Crippen LogP contribution in [0.1, 0.15) is 19.3 Å². The highest BCUT2D eigenvalue weighted by molar-refractivity contribution is 6.05. The van der Waals surface area contributed by atoms with Gasteiger partial charge in [-0.05, 0) is 25.3 Å². The zero-order valence-electron chi connectivity index (χ0n) is 10.8. The van der Waals surface area contributed by atoms with E-state index in [0.717, 1.165) is 35.6 Å². The lowest BCUT2D eigenvalue weighted by Gasteiger charge is -2.26. The van der Waals surface area contributed by atoms with Crippen molar-refractivity contribution in [2.24, 2.45) is 0 Å². The first-order valence-electron chi connectivity index (χ1n) is 6.90. The van der Waals surface area contributed by atoms with Crippen LogP contribution >= 0.6 is 0 Å². The van der Waals surface area contributed by atoms with Crippen molar-refractivity contribution in [2.45, 2.75) is 19.3 Å². The lowest BCUT2D eigenvalue weighted by molar-refractivity contribution is 0.569. The standard InChI is InChI=1S/C15H16N4/c1-4-8-19(9-5-1)15-16-10-12-11-6-2-3-7-13(11)17-14(12)18-15/h2-3,6-7,10H,1,4-5,8-9H2,(H,16,17,18). The smallest absolute Gasteiger partial charge is 0.227 e. The summed E-state index contributed by atoms with van der Waals surface area (Å²) in [7, 11) is 0. The van der Waals surface area contributed by atoms with Crippen LogP contribution in [0.15, 0.2) is 30.5 Å². The largest absolute Gasteiger partial charge is 0.341 e. The summed E-state index contributed by atoms with van der Waals surface area (Å²) in [6.45, 7) is 2.15. The predicted octanol–water partition coefficient (Wildman–Crippen LogP) is 3.10. The number of nitrogens with one attached hydrogen (secondary N) is 1. The van der Waals surface area contributed by atoms with Crippen molar-refractivity contribution < 1.29 is 0 Å². The van der Waals surface area contributed by atoms with Crippen LogP contribution in [0.2, 0.25) is 0 Å². The van der Waals surface area contributed by atoms with Gasteiger partial charge in [0.1, 0.15) is 5.65 Å². The summed E-state index contributed by atoms with van der Waals surface area (Å²) in [4.78, 5) is 14.9. The fourth-order valence-electron chi connectivity index (χ4n) is 2.87. The van der Waals surface area contributed by atoms with Crippen molar-refractivity contribution >= 4 is 27.9 Å². The predicted molar refractivity (Wildman–Crippen MR) is 77.5 cm³/mol. The van der Waals surface area contributed by atoms with E-state index >= 15 is 0 Å². The van der Waals surface area contributed by atoms with Gasteiger partial charge in [0.2, 0.25) is 5.95 Å². The Bertz CT molecular complexity index is 725. The van der Waals surface area contributed by atoms with E-state index < -0.39 is 0 Å². The van der Waals surface area contributed by atoms with E-state index in [1.165, 1.54) is 24.6 Å². The molecule has 4 heteroatoms. The monoisotopic (exact) mass is 252 g/mol. The molecule has 0 saturated carbocycles. The molecule has 0 unspecified atom stereocenters. The zero-order valence-corrected chi connectivity index (χ0v) is 10.8. The summed E-state index contributed by atoms with van der Waals surface area (Å²) in [5, 5.41) is 2.30. The first-order chi connectivity index (χ1) is 9.42. The van der Waals surface area contributed by atoms with E-state index in [1.807, 2.05) is 18.3 Å². The number of benzene rings is 1. The minimum Gasteiger partial charge on any atom is -0.341 e. The highest BCUT2D eigenvalue weighted by Crippen LogP contribution is 2.25. The number of aromatic amines is 1. The molecule has 0 spiro atoms. The number of anilines is 1. The molecule has 4 rings (SSSR count). The molecule has 1 N–H and O–H groups in total. The third-order valence-electron chi connectivity index (χ3n) is 3.89. The molecule has 96 valence electrons. The average Bonchev–Trinajstić information content (AvgIpc) is 2.86. The molecule has 0 atom stereocenters. The maximum absolute atomic E-state index is 4.70. The topological polar surface area (TPSA) is 44.8 Å². The van der Waals surface area contributed by atoms with Crippen LogP contribution in [0.3, 0.4) is 0 Å². The van der Waals surface area contributed by atoms with Crippen LogP contribution in [0.25, 0.3) is 21.9 Å². The molecular weight excluding hydrogens is 236 g/mol. The van der Waals surface area contributed by atoms with Gasteiger partial charge in [0.05, 0.1) is 0 Å². The Labute approximate surface area is 111 Å². The Morgan fingerprint density at radius 2 is 1.84 bits per heavy atom. The molecule has 1 saturated heterocycles. The van der Waals surface area contributed by atoms with Crippen LogP contribution in [-0.2, 0) is 0 Å². The van der Waals surface area contributed by atoms with E-state index in [0.29, 0.717) is 0 Å². The van der Waals surface area contributed by atoms with Crippen molar-refractivity contribution in [2.75, 3.05) is 18.0 Å². The zero-order chi connectivity index (χ0) is 12.7. The molecule has 0 amide bonds. The maximum atomic E-state index is 4.70. The molecule has 1 fully saturated rings. The van der Waals surface area contributed by atoms with Gasteiger partial charge in [-0.25, -0.2) is 4.98 Å². The molecule has 2 aromatic heterocycles. The van der Waals surface area contributed by atoms with Crippen molar-refractivity contribution in [3.8, 4) is 0 Å². The van der Waals surface area contributed by atoms with Crippen LogP contribution in [0, 0.1) is 0 Å². The Morgan fingerprint density at radius 3 is 2.74 bits per heavy atom. The van der Waals surface area contributed by atoms with Gasteiger partial charge in [-0.2, -0.15) is 4.98 Å². The Morgan fingerprint density at radius 1 is 1.00 bits per heavy atom. The summed E-state index contributed by atoms with van der Waals surface area (Å²) in [6.07, 6.45) is 5.76. The summed E-state index contributed by atoms with van der Waals surface area (Å²) in [6, 6.07) is 8.28. The minimum absolute atomic E-state index is 0.860. The molecule has 3 aromatic rings. The summed E-state index contributed by atoms with van der Waals surface area (Å²) in [5.41, 5.74) is 2.07. The number of rotatable bonds is 1. The number of hydrogen-bond acceptors (Lipinski definition) is 3. The lowest BCUT2D eigenvalue weighted by Crippen LogP contribution is -2.30. The van der Waals surface area contributed by atoms with Gasteiger partial charge >= 0.3 is 0 Å². The second-order valence-corrected chi connectivity index (χ2v) is 5.15. The van der Waals surface area contributed by atoms with Crippen molar-refractivity contribution in [3.63, 3.8) is 0 Å². The molecule has 19 heavy (non-hydrogen) atoms. The SMILES string of the molecule is c1ccc2c(c1)[nH]c1nc(N3CCCCC3)ncc12. The summed E-state index contributed by atoms with van der Waals surface area (Å²) in [5.74, 6) is 0.860. The van der Waals surface area contributed by atoms with E-state index in [-0.39, 0.29) is 0 Å². The second-order valence-electron chi connectivity index (χ2n) is 5.15. The number of piperidine rings is 1. The molecule has 4 nitrogen and oxygen atoms in total. The fraction of sp³-hybridized carbons (Fsp3) is 0.333. The molecule has 3 heterocycles. The van der Waals surface area contributed by atoms with Gasteiger partial charge in [0.15, 0.2) is 0 Å². The maximum Gasteiger partial charge on any atom is 0.227 e. The third-order valence-corrected chi connectivity index (χ3v) is 3.89. The van der Waals surface area contributed by atoms with Crippen molar-refractivity contribution in [3.05, 3.63) is 30.5 Å². The van der Waals surface area contributed by atoms with Crippen molar-refractivity contribution in [1.29, 1.82) is 0 Å². The highest BCUT2D eigenvalue weighted by atomic mass is 15.3. The average molecular weight is 252 g/mol. The molecule has 0 radical (unpaired) electrons. The summed E-state index contributed by atoms with van der Waals surface area (Å²) < 4.78 is 0. The van der Waals surface area contributed by atoms with E-state index in [2.05, 4.69) is 27.0 Å². The van der Waals surface area contributed by atoms with Crippen molar-refractivity contribution in [1.82, 2.24) is 15.0 Å². The fourth-order valence-corrected chi connectivity index (χ4v) is 2.87. The normalized spacial score (nSPS) is 16.3. The van der Waals surface area contributed by atoms with Gasteiger partial charge in [0.25, 0.3) is 0 Å². The first kappa shape index (κ1) is 10.8. The van der Waals surface area contributed by atoms with E-state index in [1.54, 1.807) is 0 Å². The Balaban J connectivity index is 1.84. The number of para-hydroxylation sites is 1. The van der Waals surface area contributed by atoms with E-state index in [4.69, 9.17) is 4.98 Å². The van der Waals surface area contributed by atoms with Crippen LogP contribution < -0.4 is 4.90 Å². The van der Waals surface area contributed by atoms with Gasteiger partial charge < -0.3 is 9.88 Å². The van der Waals surface area contributed by atoms with Gasteiger partial charge in [-0.1, -0.05) is 18.2 Å². The van der Waals surface area contributed by atoms with Gasteiger partial charge in [-0.3, -0.25) is 0 Å². The number of H-pyrrole nitrogens is 1. The van der Waals surface area contributed by atoms with Gasteiger partial charge in [-0.15, -0.1) is 0 Å². The molecular formula is C15H16N4. The molecule has 1 aromatic carbocycles. The molecule has 0 bridgehead atoms. The number of aromatic nitrogens is 3. The van der Waals surface area contributed by atoms with Crippen LogP contribution in [-0.4, -0.2) is 28.0 Å². The Kier molecular flexibility index (Phi) is 2.40. The quantitative estimate of drug-likeness (QED) is 0.723. The number of fused-ring (bicyclic) bond motifs is 3. The molecule has 1 aliphatic heterocycles. The van der Waals surface area contributed by atoms with Crippen LogP contribution in [0.4, 0.5) is 5.95 Å². The second kappa shape index (κ2) is 4.23. The first-order valence-corrected chi connectivity index (χ1v) is 6.90. The number of hydrogen-bond donors (Lipinski definition) is 1. The van der Waals surface area contributed by atoms with Gasteiger partial charge in [0, 0.05) is 35.6 Å². The van der Waals surface area contributed by atoms with E-state index in [9.17, 15) is 0 Å². The lowest BCUT2D eigenvalue weighted by atomic mass is 10.1. The Hall–Kier alpha value is -2.10. The summed E-state index contributed by atoms with van der Waals surface area (Å²) >= 11 is 0. The third kappa shape index (κ3) is 1.75. The minimum atomic E-state index is 0.860. The highest BCUT2D eigenvalue weighted by Gasteiger charge is 2.14.